The van der Waals surface area contributed by atoms with Gasteiger partial charge in [0.25, 0.3) is 0 Å². The summed E-state index contributed by atoms with van der Waals surface area (Å²) in [5.41, 5.74) is 0. The second kappa shape index (κ2) is 5.29. The Balaban J connectivity index is 2.00. The first kappa shape index (κ1) is 12.1. The number of aromatic nitrogens is 2. The first-order chi connectivity index (χ1) is 8.20. The fraction of sp³-hybridized carbons (Fsp3) is 0.750. The van der Waals surface area contributed by atoms with E-state index in [4.69, 9.17) is 9.15 Å². The average molecular weight is 238 g/mol. The van der Waals surface area contributed by atoms with E-state index in [0.29, 0.717) is 18.4 Å². The van der Waals surface area contributed by atoms with E-state index >= 15 is 0 Å². The minimum atomic E-state index is -0.532. The van der Waals surface area contributed by atoms with Crippen molar-refractivity contribution >= 4 is 5.97 Å². The molecule has 0 radical (unpaired) electrons. The molecule has 0 saturated heterocycles. The van der Waals surface area contributed by atoms with Crippen molar-refractivity contribution in [2.24, 2.45) is 5.92 Å². The van der Waals surface area contributed by atoms with Crippen molar-refractivity contribution in [3.63, 3.8) is 0 Å². The molecule has 0 unspecified atom stereocenters. The fourth-order valence-electron chi connectivity index (χ4n) is 2.18. The highest BCUT2D eigenvalue weighted by Gasteiger charge is 2.26. The number of nitrogens with zero attached hydrogens (tertiary/aromatic N) is 2. The number of hydrogen-bond donors (Lipinski definition) is 0. The van der Waals surface area contributed by atoms with Crippen molar-refractivity contribution in [3.05, 3.63) is 11.8 Å². The molecular weight excluding hydrogens is 220 g/mol. The number of rotatable bonds is 3. The zero-order valence-electron chi connectivity index (χ0n) is 10.3. The van der Waals surface area contributed by atoms with Gasteiger partial charge >= 0.3 is 11.9 Å². The molecule has 0 N–H and O–H groups in total. The second-order valence-corrected chi connectivity index (χ2v) is 4.62. The van der Waals surface area contributed by atoms with Crippen LogP contribution < -0.4 is 0 Å². The highest BCUT2D eigenvalue weighted by atomic mass is 16.5. The molecule has 0 bridgehead atoms. The summed E-state index contributed by atoms with van der Waals surface area (Å²) in [5.74, 6) is 1.11. The van der Waals surface area contributed by atoms with Crippen LogP contribution in [-0.2, 0) is 4.74 Å². The minimum Gasteiger partial charge on any atom is -0.459 e. The van der Waals surface area contributed by atoms with Gasteiger partial charge in [0.2, 0.25) is 5.89 Å². The molecule has 0 atom stereocenters. The van der Waals surface area contributed by atoms with Gasteiger partial charge in [-0.25, -0.2) is 4.79 Å². The highest BCUT2D eigenvalue weighted by molar-refractivity contribution is 5.83. The topological polar surface area (TPSA) is 65.2 Å². The molecule has 94 valence electrons. The van der Waals surface area contributed by atoms with Gasteiger partial charge in [0, 0.05) is 5.92 Å². The third-order valence-corrected chi connectivity index (χ3v) is 3.26. The van der Waals surface area contributed by atoms with Gasteiger partial charge in [0.05, 0.1) is 6.61 Å². The molecule has 1 fully saturated rings. The van der Waals surface area contributed by atoms with Gasteiger partial charge in [-0.05, 0) is 38.5 Å². The molecule has 1 aromatic heterocycles. The summed E-state index contributed by atoms with van der Waals surface area (Å²) in [7, 11) is 0. The molecule has 2 rings (SSSR count). The smallest absolute Gasteiger partial charge is 0.396 e. The van der Waals surface area contributed by atoms with Gasteiger partial charge in [-0.3, -0.25) is 0 Å². The van der Waals surface area contributed by atoms with Crippen LogP contribution in [0.25, 0.3) is 0 Å². The molecule has 1 saturated carbocycles. The van der Waals surface area contributed by atoms with E-state index in [1.165, 1.54) is 12.8 Å². The summed E-state index contributed by atoms with van der Waals surface area (Å²) in [5, 5.41) is 7.69. The van der Waals surface area contributed by atoms with E-state index in [-0.39, 0.29) is 5.89 Å². The van der Waals surface area contributed by atoms with Crippen LogP contribution in [0.1, 0.15) is 62.0 Å². The van der Waals surface area contributed by atoms with Crippen LogP contribution in [0.3, 0.4) is 0 Å². The largest absolute Gasteiger partial charge is 0.459 e. The van der Waals surface area contributed by atoms with Gasteiger partial charge in [0.1, 0.15) is 0 Å². The zero-order valence-corrected chi connectivity index (χ0v) is 10.3. The summed E-state index contributed by atoms with van der Waals surface area (Å²) in [4.78, 5) is 11.4. The molecule has 0 amide bonds. The first-order valence-corrected chi connectivity index (χ1v) is 6.21. The number of carbonyl (C=O) groups is 1. The molecule has 0 spiro atoms. The molecule has 1 aromatic rings. The van der Waals surface area contributed by atoms with E-state index in [1.54, 1.807) is 6.92 Å². The lowest BCUT2D eigenvalue weighted by Crippen LogP contribution is -2.11. The molecule has 17 heavy (non-hydrogen) atoms. The normalized spacial score (nSPS) is 24.6. The number of ether oxygens (including phenoxy) is 1. The minimum absolute atomic E-state index is 0.0273. The maximum absolute atomic E-state index is 11.4. The van der Waals surface area contributed by atoms with Crippen LogP contribution in [0.4, 0.5) is 0 Å². The van der Waals surface area contributed by atoms with Gasteiger partial charge in [0.15, 0.2) is 0 Å². The van der Waals surface area contributed by atoms with Crippen molar-refractivity contribution in [2.45, 2.75) is 45.4 Å². The predicted octanol–water partition coefficient (Wildman–Crippen LogP) is 2.54. The van der Waals surface area contributed by atoms with E-state index in [2.05, 4.69) is 17.1 Å². The van der Waals surface area contributed by atoms with Crippen molar-refractivity contribution in [1.29, 1.82) is 0 Å². The Morgan fingerprint density at radius 3 is 2.71 bits per heavy atom. The third-order valence-electron chi connectivity index (χ3n) is 3.26. The Morgan fingerprint density at radius 1 is 1.35 bits per heavy atom. The van der Waals surface area contributed by atoms with Crippen LogP contribution in [-0.4, -0.2) is 22.8 Å². The third kappa shape index (κ3) is 2.84. The van der Waals surface area contributed by atoms with Crippen LogP contribution >= 0.6 is 0 Å². The lowest BCUT2D eigenvalue weighted by atomic mass is 9.83. The van der Waals surface area contributed by atoms with Crippen molar-refractivity contribution in [3.8, 4) is 0 Å². The van der Waals surface area contributed by atoms with E-state index in [0.717, 1.165) is 18.8 Å². The van der Waals surface area contributed by atoms with Gasteiger partial charge < -0.3 is 9.15 Å². The monoisotopic (exact) mass is 238 g/mol. The Labute approximate surface area is 101 Å². The van der Waals surface area contributed by atoms with E-state index in [1.807, 2.05) is 0 Å². The Kier molecular flexibility index (Phi) is 3.76. The summed E-state index contributed by atoms with van der Waals surface area (Å²) in [6, 6.07) is 0. The molecule has 0 aliphatic heterocycles. The van der Waals surface area contributed by atoms with Gasteiger partial charge in [-0.15, -0.1) is 10.2 Å². The SMILES string of the molecule is CCOC(=O)c1nnc(C2CCC(C)CC2)o1. The molecule has 0 aromatic carbocycles. The van der Waals surface area contributed by atoms with E-state index < -0.39 is 5.97 Å². The lowest BCUT2D eigenvalue weighted by Gasteiger charge is -2.23. The fourth-order valence-corrected chi connectivity index (χ4v) is 2.18. The maximum Gasteiger partial charge on any atom is 0.396 e. The van der Waals surface area contributed by atoms with Crippen LogP contribution in [0.5, 0.6) is 0 Å². The summed E-state index contributed by atoms with van der Waals surface area (Å²) in [6.07, 6.45) is 4.49. The second-order valence-electron chi connectivity index (χ2n) is 4.62. The van der Waals surface area contributed by atoms with Gasteiger partial charge in [-0.1, -0.05) is 6.92 Å². The Hall–Kier alpha value is -1.39. The Bertz CT molecular complexity index is 381. The predicted molar refractivity (Wildman–Crippen MR) is 60.6 cm³/mol. The van der Waals surface area contributed by atoms with Crippen molar-refractivity contribution < 1.29 is 13.9 Å². The number of hydrogen-bond acceptors (Lipinski definition) is 5. The Morgan fingerprint density at radius 2 is 2.06 bits per heavy atom. The summed E-state index contributed by atoms with van der Waals surface area (Å²) in [6.45, 7) is 4.32. The summed E-state index contributed by atoms with van der Waals surface area (Å²) < 4.78 is 10.2. The molecule has 1 aliphatic rings. The zero-order chi connectivity index (χ0) is 12.3. The first-order valence-electron chi connectivity index (χ1n) is 6.21. The number of esters is 1. The highest BCUT2D eigenvalue weighted by Crippen LogP contribution is 2.34. The lowest BCUT2D eigenvalue weighted by molar-refractivity contribution is 0.0477. The van der Waals surface area contributed by atoms with Crippen LogP contribution in [0.15, 0.2) is 4.42 Å². The quantitative estimate of drug-likeness (QED) is 0.757. The molecule has 1 aliphatic carbocycles. The van der Waals surface area contributed by atoms with Crippen molar-refractivity contribution in [2.75, 3.05) is 6.61 Å². The molecule has 5 heteroatoms. The van der Waals surface area contributed by atoms with Crippen molar-refractivity contribution in [1.82, 2.24) is 10.2 Å². The number of carbonyl (C=O) groups excluding carboxylic acids is 1. The molecule has 5 nitrogen and oxygen atoms in total. The standard InChI is InChI=1S/C12H18N2O3/c1-3-16-12(15)11-14-13-10(17-11)9-6-4-8(2)5-7-9/h8-9H,3-7H2,1-2H3. The molecule has 1 heterocycles. The maximum atomic E-state index is 11.4. The summed E-state index contributed by atoms with van der Waals surface area (Å²) >= 11 is 0. The van der Waals surface area contributed by atoms with Crippen LogP contribution in [0.2, 0.25) is 0 Å². The molecular formula is C12H18N2O3. The average Bonchev–Trinajstić information content (AvgIpc) is 2.80. The van der Waals surface area contributed by atoms with Gasteiger partial charge in [-0.2, -0.15) is 0 Å². The van der Waals surface area contributed by atoms with Crippen LogP contribution in [0, 0.1) is 5.92 Å². The van der Waals surface area contributed by atoms with E-state index in [9.17, 15) is 4.79 Å².